The highest BCUT2D eigenvalue weighted by Crippen LogP contribution is 2.03. The van der Waals surface area contributed by atoms with Crippen LogP contribution in [-0.4, -0.2) is 6.54 Å². The first-order valence-corrected chi connectivity index (χ1v) is 4.17. The minimum absolute atomic E-state index is 0. The number of hydrogen-bond acceptors (Lipinski definition) is 2. The number of nitrogens with two attached hydrogens (primary N) is 1. The summed E-state index contributed by atoms with van der Waals surface area (Å²) in [5.74, 6) is 0. The predicted octanol–water partition coefficient (Wildman–Crippen LogP) is 2.13. The Kier molecular flexibility index (Phi) is 6.34. The molecule has 2 heteroatoms. The van der Waals surface area contributed by atoms with Crippen LogP contribution in [0.5, 0.6) is 0 Å². The van der Waals surface area contributed by atoms with E-state index in [9.17, 15) is 0 Å². The zero-order valence-corrected chi connectivity index (χ0v) is 7.50. The molecule has 0 bridgehead atoms. The maximum absolute atomic E-state index is 5.39. The van der Waals surface area contributed by atoms with Crippen molar-refractivity contribution in [1.82, 2.24) is 6.15 Å². The van der Waals surface area contributed by atoms with Crippen LogP contribution in [0.2, 0.25) is 0 Å². The van der Waals surface area contributed by atoms with Gasteiger partial charge < -0.3 is 11.9 Å². The molecule has 0 aromatic heterocycles. The Morgan fingerprint density at radius 2 is 1.67 bits per heavy atom. The third kappa shape index (κ3) is 4.11. The van der Waals surface area contributed by atoms with Crippen LogP contribution in [0, 0.1) is 0 Å². The third-order valence-corrected chi connectivity index (χ3v) is 1.76. The van der Waals surface area contributed by atoms with Gasteiger partial charge in [-0.05, 0) is 31.4 Å². The average molecular weight is 166 g/mol. The number of unbranched alkanes of at least 4 members (excludes halogenated alkanes) is 1. The predicted molar refractivity (Wildman–Crippen MR) is 53.5 cm³/mol. The molecule has 2 nitrogen and oxygen atoms in total. The van der Waals surface area contributed by atoms with Crippen LogP contribution in [-0.2, 0) is 6.42 Å². The topological polar surface area (TPSA) is 61.0 Å². The smallest absolute Gasteiger partial charge is 0.00772 e. The van der Waals surface area contributed by atoms with Gasteiger partial charge in [-0.25, -0.2) is 0 Å². The monoisotopic (exact) mass is 166 g/mol. The standard InChI is InChI=1S/C10H15N.H3N/c11-9-5-4-8-10-6-2-1-3-7-10;/h1-3,6-7H,4-5,8-9,11H2;1H3. The molecular weight excluding hydrogens is 148 g/mol. The van der Waals surface area contributed by atoms with Crippen molar-refractivity contribution in [3.63, 3.8) is 0 Å². The van der Waals surface area contributed by atoms with E-state index in [0.29, 0.717) is 0 Å². The van der Waals surface area contributed by atoms with Crippen LogP contribution >= 0.6 is 0 Å². The first kappa shape index (κ1) is 11.1. The summed E-state index contributed by atoms with van der Waals surface area (Å²) in [7, 11) is 0. The SMILES string of the molecule is N.NCCCCc1ccccc1. The molecule has 1 rings (SSSR count). The number of hydrogen-bond donors (Lipinski definition) is 2. The molecule has 12 heavy (non-hydrogen) atoms. The van der Waals surface area contributed by atoms with Crippen molar-refractivity contribution in [3.05, 3.63) is 35.9 Å². The van der Waals surface area contributed by atoms with E-state index in [0.717, 1.165) is 19.4 Å². The summed E-state index contributed by atoms with van der Waals surface area (Å²) < 4.78 is 0. The van der Waals surface area contributed by atoms with Crippen molar-refractivity contribution in [2.24, 2.45) is 5.73 Å². The van der Waals surface area contributed by atoms with Gasteiger partial charge in [0.25, 0.3) is 0 Å². The van der Waals surface area contributed by atoms with Crippen molar-refractivity contribution in [1.29, 1.82) is 0 Å². The molecule has 0 spiro atoms. The molecule has 0 aliphatic carbocycles. The maximum Gasteiger partial charge on any atom is -0.00772 e. The van der Waals surface area contributed by atoms with Crippen LogP contribution in [0.15, 0.2) is 30.3 Å². The van der Waals surface area contributed by atoms with E-state index >= 15 is 0 Å². The van der Waals surface area contributed by atoms with E-state index in [4.69, 9.17) is 5.73 Å². The highest BCUT2D eigenvalue weighted by molar-refractivity contribution is 5.14. The second kappa shape index (κ2) is 6.83. The fraction of sp³-hybridized carbons (Fsp3) is 0.400. The van der Waals surface area contributed by atoms with Gasteiger partial charge in [0.05, 0.1) is 0 Å². The van der Waals surface area contributed by atoms with Gasteiger partial charge in [0.2, 0.25) is 0 Å². The third-order valence-electron chi connectivity index (χ3n) is 1.76. The van der Waals surface area contributed by atoms with Gasteiger partial charge in [-0.3, -0.25) is 0 Å². The first-order valence-electron chi connectivity index (χ1n) is 4.17. The molecular formula is C10H18N2. The Morgan fingerprint density at radius 1 is 1.00 bits per heavy atom. The molecule has 0 unspecified atom stereocenters. The first-order chi connectivity index (χ1) is 5.43. The Bertz CT molecular complexity index is 184. The lowest BCUT2D eigenvalue weighted by Crippen LogP contribution is -1.98. The van der Waals surface area contributed by atoms with Crippen LogP contribution in [0.3, 0.4) is 0 Å². The quantitative estimate of drug-likeness (QED) is 0.673. The van der Waals surface area contributed by atoms with Crippen LogP contribution in [0.4, 0.5) is 0 Å². The van der Waals surface area contributed by atoms with Gasteiger partial charge in [-0.15, -0.1) is 0 Å². The van der Waals surface area contributed by atoms with Crippen molar-refractivity contribution in [2.45, 2.75) is 19.3 Å². The zero-order chi connectivity index (χ0) is 7.94. The maximum atomic E-state index is 5.39. The molecule has 0 radical (unpaired) electrons. The fourth-order valence-corrected chi connectivity index (χ4v) is 1.12. The summed E-state index contributed by atoms with van der Waals surface area (Å²) in [4.78, 5) is 0. The van der Waals surface area contributed by atoms with Gasteiger partial charge in [0, 0.05) is 0 Å². The molecule has 1 aromatic rings. The number of aryl methyl sites for hydroxylation is 1. The van der Waals surface area contributed by atoms with E-state index in [1.165, 1.54) is 12.0 Å². The van der Waals surface area contributed by atoms with Gasteiger partial charge in [-0.1, -0.05) is 30.3 Å². The number of rotatable bonds is 4. The van der Waals surface area contributed by atoms with Crippen molar-refractivity contribution in [3.8, 4) is 0 Å². The lowest BCUT2D eigenvalue weighted by atomic mass is 10.1. The molecule has 0 heterocycles. The van der Waals surface area contributed by atoms with Gasteiger partial charge in [-0.2, -0.15) is 0 Å². The Labute approximate surface area is 74.4 Å². The Balaban J connectivity index is 0.00000121. The molecule has 0 saturated heterocycles. The van der Waals surface area contributed by atoms with Crippen molar-refractivity contribution < 1.29 is 0 Å². The van der Waals surface area contributed by atoms with Crippen molar-refractivity contribution >= 4 is 0 Å². The average Bonchev–Trinajstić information content (AvgIpc) is 2.07. The zero-order valence-electron chi connectivity index (χ0n) is 7.50. The van der Waals surface area contributed by atoms with Gasteiger partial charge in [0.15, 0.2) is 0 Å². The van der Waals surface area contributed by atoms with E-state index in [-0.39, 0.29) is 6.15 Å². The Morgan fingerprint density at radius 3 is 2.25 bits per heavy atom. The Hall–Kier alpha value is -0.860. The van der Waals surface area contributed by atoms with Crippen molar-refractivity contribution in [2.75, 3.05) is 6.54 Å². The second-order valence-electron chi connectivity index (χ2n) is 2.73. The highest BCUT2D eigenvalue weighted by Gasteiger charge is 1.89. The molecule has 0 aliphatic heterocycles. The molecule has 0 aliphatic rings. The second-order valence-corrected chi connectivity index (χ2v) is 2.73. The van der Waals surface area contributed by atoms with Crippen LogP contribution < -0.4 is 11.9 Å². The fourth-order valence-electron chi connectivity index (χ4n) is 1.12. The summed E-state index contributed by atoms with van der Waals surface area (Å²) in [6.45, 7) is 0.812. The van der Waals surface area contributed by atoms with E-state index in [2.05, 4.69) is 24.3 Å². The molecule has 0 atom stereocenters. The summed E-state index contributed by atoms with van der Waals surface area (Å²) in [5, 5.41) is 0. The van der Waals surface area contributed by atoms with E-state index < -0.39 is 0 Å². The van der Waals surface area contributed by atoms with Gasteiger partial charge >= 0.3 is 0 Å². The van der Waals surface area contributed by atoms with Crippen LogP contribution in [0.25, 0.3) is 0 Å². The summed E-state index contributed by atoms with van der Waals surface area (Å²) in [6, 6.07) is 10.5. The molecule has 1 aromatic carbocycles. The molecule has 0 amide bonds. The largest absolute Gasteiger partial charge is 0.344 e. The normalized spacial score (nSPS) is 9.08. The summed E-state index contributed by atoms with van der Waals surface area (Å²) in [6.07, 6.45) is 3.51. The lowest BCUT2D eigenvalue weighted by Gasteiger charge is -1.98. The summed E-state index contributed by atoms with van der Waals surface area (Å²) in [5.41, 5.74) is 6.81. The van der Waals surface area contributed by atoms with E-state index in [1.54, 1.807) is 0 Å². The van der Waals surface area contributed by atoms with Gasteiger partial charge in [0.1, 0.15) is 0 Å². The molecule has 5 N–H and O–H groups in total. The summed E-state index contributed by atoms with van der Waals surface area (Å²) >= 11 is 0. The number of benzene rings is 1. The highest BCUT2D eigenvalue weighted by atomic mass is 14.5. The minimum atomic E-state index is 0. The molecule has 0 saturated carbocycles. The minimum Gasteiger partial charge on any atom is -0.344 e. The molecule has 68 valence electrons. The lowest BCUT2D eigenvalue weighted by molar-refractivity contribution is 0.745. The van der Waals surface area contributed by atoms with Crippen LogP contribution in [0.1, 0.15) is 18.4 Å². The van der Waals surface area contributed by atoms with E-state index in [1.807, 2.05) is 6.07 Å². The molecule has 0 fully saturated rings.